The number of hydrogen-bond acceptors (Lipinski definition) is 7. The van der Waals surface area contributed by atoms with Gasteiger partial charge in [0.25, 0.3) is 0 Å². The van der Waals surface area contributed by atoms with Crippen LogP contribution in [0.25, 0.3) is 10.9 Å². The molecule has 0 saturated heterocycles. The van der Waals surface area contributed by atoms with Gasteiger partial charge in [0.15, 0.2) is 15.7 Å². The minimum Gasteiger partial charge on any atom is -0.462 e. The first kappa shape index (κ1) is 20.8. The maximum absolute atomic E-state index is 12.9. The Balaban J connectivity index is 2.11. The van der Waals surface area contributed by atoms with E-state index in [1.54, 1.807) is 65.1 Å². The molecule has 9 heteroatoms. The molecule has 154 valence electrons. The third kappa shape index (κ3) is 3.82. The van der Waals surface area contributed by atoms with Gasteiger partial charge in [-0.05, 0) is 58.9 Å². The highest BCUT2D eigenvalue weighted by atomic mass is 32.2. The van der Waals surface area contributed by atoms with E-state index in [9.17, 15) is 13.2 Å². The summed E-state index contributed by atoms with van der Waals surface area (Å²) in [6.45, 7) is 8.68. The van der Waals surface area contributed by atoms with Crippen LogP contribution in [0.2, 0.25) is 0 Å². The van der Waals surface area contributed by atoms with Crippen LogP contribution in [0.15, 0.2) is 35.4 Å². The van der Waals surface area contributed by atoms with E-state index in [0.717, 1.165) is 0 Å². The van der Waals surface area contributed by atoms with Crippen molar-refractivity contribution in [2.24, 2.45) is 0 Å². The number of carbonyl (C=O) groups is 1. The lowest BCUT2D eigenvalue weighted by Gasteiger charge is -2.19. The molecule has 0 amide bonds. The summed E-state index contributed by atoms with van der Waals surface area (Å²) in [5.41, 5.74) is 2.07. The van der Waals surface area contributed by atoms with Crippen molar-refractivity contribution in [1.82, 2.24) is 15.2 Å². The van der Waals surface area contributed by atoms with E-state index in [1.165, 1.54) is 0 Å². The second-order valence-corrected chi connectivity index (χ2v) is 10.3. The number of carbonyl (C=O) groups excluding carboxylic acids is 1. The first-order chi connectivity index (χ1) is 13.6. The van der Waals surface area contributed by atoms with Crippen molar-refractivity contribution < 1.29 is 17.9 Å². The molecule has 0 atom stereocenters. The molecule has 29 heavy (non-hydrogen) atoms. The number of aryl methyl sites for hydroxylation is 1. The van der Waals surface area contributed by atoms with Crippen LogP contribution in [0.5, 0.6) is 0 Å². The monoisotopic (exact) mass is 416 g/mol. The van der Waals surface area contributed by atoms with E-state index in [4.69, 9.17) is 4.74 Å². The third-order valence-corrected chi connectivity index (χ3v) is 7.00. The number of rotatable bonds is 5. The number of nitrogens with zero attached hydrogens (tertiary/aromatic N) is 2. The van der Waals surface area contributed by atoms with Gasteiger partial charge in [0, 0.05) is 17.3 Å². The molecule has 0 bridgehead atoms. The van der Waals surface area contributed by atoms with Crippen molar-refractivity contribution in [2.75, 3.05) is 11.9 Å². The van der Waals surface area contributed by atoms with Crippen LogP contribution in [-0.4, -0.2) is 40.9 Å². The molecule has 0 fully saturated rings. The van der Waals surface area contributed by atoms with Gasteiger partial charge in [-0.15, -0.1) is 0 Å². The van der Waals surface area contributed by atoms with Crippen LogP contribution in [0.3, 0.4) is 0 Å². The molecule has 0 aliphatic heterocycles. The number of aromatic amines is 1. The summed E-state index contributed by atoms with van der Waals surface area (Å²) in [4.78, 5) is 16.8. The first-order valence-electron chi connectivity index (χ1n) is 9.18. The molecule has 0 aliphatic rings. The number of fused-ring (bicyclic) bond motifs is 1. The number of benzene rings is 1. The number of hydrogen-bond donors (Lipinski definition) is 2. The van der Waals surface area contributed by atoms with Crippen LogP contribution in [0.1, 0.15) is 43.7 Å². The van der Waals surface area contributed by atoms with Gasteiger partial charge >= 0.3 is 5.97 Å². The maximum Gasteiger partial charge on any atom is 0.343 e. The van der Waals surface area contributed by atoms with Gasteiger partial charge in [-0.3, -0.25) is 10.1 Å². The molecule has 0 radical (unpaired) electrons. The molecule has 0 aliphatic carbocycles. The average Bonchev–Trinajstić information content (AvgIpc) is 3.01. The second kappa shape index (κ2) is 7.47. The van der Waals surface area contributed by atoms with Crippen LogP contribution in [-0.2, 0) is 14.6 Å². The van der Waals surface area contributed by atoms with E-state index >= 15 is 0 Å². The number of sulfone groups is 1. The summed E-state index contributed by atoms with van der Waals surface area (Å²) in [6, 6.07) is 6.52. The molecule has 1 aromatic carbocycles. The minimum absolute atomic E-state index is 0.206. The number of nitrogens with one attached hydrogen (secondary N) is 2. The Kier molecular flexibility index (Phi) is 5.36. The van der Waals surface area contributed by atoms with Gasteiger partial charge in [0.05, 0.1) is 27.5 Å². The Labute approximate surface area is 169 Å². The van der Waals surface area contributed by atoms with E-state index in [2.05, 4.69) is 20.5 Å². The van der Waals surface area contributed by atoms with E-state index < -0.39 is 20.6 Å². The number of esters is 1. The van der Waals surface area contributed by atoms with Crippen molar-refractivity contribution in [3.05, 3.63) is 41.7 Å². The number of H-pyrrole nitrogens is 1. The van der Waals surface area contributed by atoms with Crippen molar-refractivity contribution in [1.29, 1.82) is 0 Å². The lowest BCUT2D eigenvalue weighted by atomic mass is 10.1. The van der Waals surface area contributed by atoms with Gasteiger partial charge < -0.3 is 10.1 Å². The number of anilines is 2. The summed E-state index contributed by atoms with van der Waals surface area (Å²) in [5.74, 6) is -0.187. The quantitative estimate of drug-likeness (QED) is 0.609. The molecular formula is C20H24N4O4S. The van der Waals surface area contributed by atoms with Crippen molar-refractivity contribution in [3.63, 3.8) is 0 Å². The zero-order valence-corrected chi connectivity index (χ0v) is 17.8. The summed E-state index contributed by atoms with van der Waals surface area (Å²) in [6.07, 6.45) is 1.60. The summed E-state index contributed by atoms with van der Waals surface area (Å²) >= 11 is 0. The van der Waals surface area contributed by atoms with Gasteiger partial charge in [-0.2, -0.15) is 5.10 Å². The van der Waals surface area contributed by atoms with Gasteiger partial charge in [0.1, 0.15) is 5.56 Å². The number of ether oxygens (including phenoxy) is 1. The molecule has 0 saturated carbocycles. The van der Waals surface area contributed by atoms with Crippen LogP contribution >= 0.6 is 0 Å². The number of pyridine rings is 1. The predicted octanol–water partition coefficient (Wildman–Crippen LogP) is 3.76. The molecular weight excluding hydrogens is 392 g/mol. The SMILES string of the molecule is CCOC(=O)c1c(Nc2ccnc3ccc(S(=O)(=O)C(C)(C)C)cc23)n[nH]c1C. The topological polar surface area (TPSA) is 114 Å². The van der Waals surface area contributed by atoms with Crippen LogP contribution in [0, 0.1) is 6.92 Å². The van der Waals surface area contributed by atoms with Gasteiger partial charge in [-0.25, -0.2) is 13.2 Å². The third-order valence-electron chi connectivity index (χ3n) is 4.51. The fourth-order valence-electron chi connectivity index (χ4n) is 2.86. The molecule has 8 nitrogen and oxygen atoms in total. The molecule has 3 aromatic rings. The summed E-state index contributed by atoms with van der Waals surface area (Å²) < 4.78 is 29.9. The molecule has 2 aromatic heterocycles. The fraction of sp³-hybridized carbons (Fsp3) is 0.350. The van der Waals surface area contributed by atoms with Gasteiger partial charge in [-0.1, -0.05) is 0 Å². The standard InChI is InChI=1S/C20H24N4O4S/c1-6-28-19(25)17-12(2)23-24-18(17)22-16-9-10-21-15-8-7-13(11-14(15)16)29(26,27)20(3,4)5/h7-11H,6H2,1-5H3,(H2,21,22,23,24). The Bertz CT molecular complexity index is 1180. The Hall–Kier alpha value is -2.94. The minimum atomic E-state index is -3.53. The lowest BCUT2D eigenvalue weighted by molar-refractivity contribution is 0.0527. The van der Waals surface area contributed by atoms with Crippen molar-refractivity contribution >= 4 is 38.2 Å². The highest BCUT2D eigenvalue weighted by Crippen LogP contribution is 2.32. The van der Waals surface area contributed by atoms with Crippen LogP contribution < -0.4 is 5.32 Å². The average molecular weight is 417 g/mol. The summed E-state index contributed by atoms with van der Waals surface area (Å²) in [7, 11) is -3.53. The highest BCUT2D eigenvalue weighted by molar-refractivity contribution is 7.92. The van der Waals surface area contributed by atoms with E-state index in [-0.39, 0.29) is 11.5 Å². The maximum atomic E-state index is 12.9. The van der Waals surface area contributed by atoms with E-state index in [1.807, 2.05) is 0 Å². The molecule has 3 rings (SSSR count). The second-order valence-electron chi connectivity index (χ2n) is 7.57. The zero-order chi connectivity index (χ0) is 21.4. The normalized spacial score (nSPS) is 12.2. The predicted molar refractivity (Wildman–Crippen MR) is 111 cm³/mol. The summed E-state index contributed by atoms with van der Waals surface area (Å²) in [5, 5.41) is 10.7. The largest absolute Gasteiger partial charge is 0.462 e. The van der Waals surface area contributed by atoms with E-state index in [0.29, 0.717) is 33.7 Å². The number of aromatic nitrogens is 3. The van der Waals surface area contributed by atoms with Crippen molar-refractivity contribution in [3.8, 4) is 0 Å². The Morgan fingerprint density at radius 1 is 1.24 bits per heavy atom. The lowest BCUT2D eigenvalue weighted by Crippen LogP contribution is -2.27. The molecule has 0 unspecified atom stereocenters. The molecule has 2 heterocycles. The van der Waals surface area contributed by atoms with Crippen LogP contribution in [0.4, 0.5) is 11.5 Å². The highest BCUT2D eigenvalue weighted by Gasteiger charge is 2.31. The Morgan fingerprint density at radius 2 is 1.97 bits per heavy atom. The van der Waals surface area contributed by atoms with Crippen molar-refractivity contribution in [2.45, 2.75) is 44.3 Å². The van der Waals surface area contributed by atoms with Gasteiger partial charge in [0.2, 0.25) is 0 Å². The Morgan fingerprint density at radius 3 is 2.62 bits per heavy atom. The smallest absolute Gasteiger partial charge is 0.343 e. The first-order valence-corrected chi connectivity index (χ1v) is 10.7. The zero-order valence-electron chi connectivity index (χ0n) is 17.0. The fourth-order valence-corrected chi connectivity index (χ4v) is 4.08. The molecule has 0 spiro atoms. The molecule has 2 N–H and O–H groups in total.